The van der Waals surface area contributed by atoms with Gasteiger partial charge in [0.15, 0.2) is 0 Å². The molecule has 0 atom stereocenters. The molecule has 0 aliphatic carbocycles. The highest BCUT2D eigenvalue weighted by Crippen LogP contribution is 2.18. The Morgan fingerprint density at radius 1 is 0.681 bits per heavy atom. The van der Waals surface area contributed by atoms with Gasteiger partial charge in [-0.05, 0) is 61.6 Å². The van der Waals surface area contributed by atoms with Crippen LogP contribution in [0.25, 0.3) is 0 Å². The van der Waals surface area contributed by atoms with Gasteiger partial charge in [-0.3, -0.25) is 9.59 Å². The maximum Gasteiger partial charge on any atom is 0.250 e. The fourth-order valence-corrected chi connectivity index (χ4v) is 5.61. The van der Waals surface area contributed by atoms with Gasteiger partial charge in [0.25, 0.3) is 11.1 Å². The van der Waals surface area contributed by atoms with Crippen molar-refractivity contribution >= 4 is 21.6 Å². The SMILES string of the molecule is CN1CCN(c2cccc(Cn3cc(C#N)ccc3=O)c2)CC1.CN1CCNCC1.N#Cc1ccc(=O)n(Cc2cccc(Br)c2)c1. The highest BCUT2D eigenvalue weighted by atomic mass is 79.9. The first-order valence-corrected chi connectivity index (χ1v) is 16.4. The second-order valence-corrected chi connectivity index (χ2v) is 12.6. The van der Waals surface area contributed by atoms with Gasteiger partial charge in [0.05, 0.1) is 24.2 Å². The predicted octanol–water partition coefficient (Wildman–Crippen LogP) is 3.57. The lowest BCUT2D eigenvalue weighted by molar-refractivity contribution is 0.291. The number of pyridine rings is 2. The van der Waals surface area contributed by atoms with Gasteiger partial charge in [0, 0.05) is 87.0 Å². The Hall–Kier alpha value is -4.52. The number of nitriles is 2. The summed E-state index contributed by atoms with van der Waals surface area (Å²) in [6, 6.07) is 26.1. The maximum atomic E-state index is 12.0. The van der Waals surface area contributed by atoms with E-state index in [4.69, 9.17) is 10.5 Å². The average molecular weight is 698 g/mol. The number of benzene rings is 2. The number of anilines is 1. The monoisotopic (exact) mass is 696 g/mol. The van der Waals surface area contributed by atoms with Crippen LogP contribution in [-0.2, 0) is 13.1 Å². The lowest BCUT2D eigenvalue weighted by Gasteiger charge is -2.34. The van der Waals surface area contributed by atoms with Crippen molar-refractivity contribution in [2.75, 3.05) is 71.4 Å². The molecular formula is C36H41BrN8O2. The van der Waals surface area contributed by atoms with Gasteiger partial charge in [-0.15, -0.1) is 0 Å². The second-order valence-electron chi connectivity index (χ2n) is 11.6. The molecule has 47 heavy (non-hydrogen) atoms. The largest absolute Gasteiger partial charge is 0.369 e. The highest BCUT2D eigenvalue weighted by molar-refractivity contribution is 9.10. The number of nitrogens with zero attached hydrogens (tertiary/aromatic N) is 7. The summed E-state index contributed by atoms with van der Waals surface area (Å²) >= 11 is 3.38. The van der Waals surface area contributed by atoms with Gasteiger partial charge >= 0.3 is 0 Å². The Kier molecular flexibility index (Phi) is 13.5. The molecule has 2 fully saturated rings. The van der Waals surface area contributed by atoms with Crippen LogP contribution in [0, 0.1) is 22.7 Å². The van der Waals surface area contributed by atoms with Crippen LogP contribution in [0.1, 0.15) is 22.3 Å². The van der Waals surface area contributed by atoms with Crippen LogP contribution in [0.3, 0.4) is 0 Å². The molecule has 0 spiro atoms. The molecule has 2 aromatic carbocycles. The van der Waals surface area contributed by atoms with Crippen molar-refractivity contribution in [3.63, 3.8) is 0 Å². The maximum absolute atomic E-state index is 12.0. The summed E-state index contributed by atoms with van der Waals surface area (Å²) in [5, 5.41) is 21.0. The van der Waals surface area contributed by atoms with Crippen LogP contribution in [0.15, 0.2) is 99.3 Å². The molecule has 0 saturated carbocycles. The number of aromatic nitrogens is 2. The van der Waals surface area contributed by atoms with Crippen molar-refractivity contribution in [1.82, 2.24) is 24.3 Å². The minimum Gasteiger partial charge on any atom is -0.369 e. The molecule has 0 unspecified atom stereocenters. The molecule has 4 aromatic rings. The van der Waals surface area contributed by atoms with Gasteiger partial charge in [-0.1, -0.05) is 40.2 Å². The van der Waals surface area contributed by atoms with E-state index in [-0.39, 0.29) is 11.1 Å². The van der Waals surface area contributed by atoms with Gasteiger partial charge in [-0.2, -0.15) is 10.5 Å². The number of hydrogen-bond donors (Lipinski definition) is 1. The third kappa shape index (κ3) is 11.3. The average Bonchev–Trinajstić information content (AvgIpc) is 3.08. The molecule has 6 rings (SSSR count). The Labute approximate surface area is 284 Å². The van der Waals surface area contributed by atoms with Gasteiger partial charge in [-0.25, -0.2) is 0 Å². The predicted molar refractivity (Wildman–Crippen MR) is 190 cm³/mol. The summed E-state index contributed by atoms with van der Waals surface area (Å²) in [5.41, 5.74) is 4.06. The lowest BCUT2D eigenvalue weighted by atomic mass is 10.1. The van der Waals surface area contributed by atoms with Crippen molar-refractivity contribution in [3.05, 3.63) is 133 Å². The van der Waals surface area contributed by atoms with Crippen molar-refractivity contribution < 1.29 is 0 Å². The van der Waals surface area contributed by atoms with Gasteiger partial charge < -0.3 is 29.2 Å². The number of rotatable bonds is 5. The zero-order valence-electron chi connectivity index (χ0n) is 27.0. The first-order valence-electron chi connectivity index (χ1n) is 15.6. The van der Waals surface area contributed by atoms with Crippen molar-refractivity contribution in [3.8, 4) is 12.1 Å². The standard InChI is InChI=1S/C18H20N4O.C13H9BrN2O.C5H12N2/c1-20-7-9-21(10-8-20)17-4-2-3-15(11-17)13-22-14-16(12-19)5-6-18(22)23;14-12-3-1-2-10(6-12)8-16-9-11(7-15)4-5-13(16)17;1-7-4-2-6-3-5-7/h2-6,11,14H,7-10,13H2,1H3;1-6,9H,8H2;6H,2-5H2,1H3. The van der Waals surface area contributed by atoms with E-state index in [0.717, 1.165) is 54.9 Å². The van der Waals surface area contributed by atoms with Crippen LogP contribution in [0.4, 0.5) is 5.69 Å². The van der Waals surface area contributed by atoms with E-state index >= 15 is 0 Å². The molecule has 2 aliphatic rings. The normalized spacial score (nSPS) is 14.9. The molecule has 0 amide bonds. The smallest absolute Gasteiger partial charge is 0.250 e. The highest BCUT2D eigenvalue weighted by Gasteiger charge is 2.14. The molecule has 0 radical (unpaired) electrons. The van der Waals surface area contributed by atoms with Gasteiger partial charge in [0.1, 0.15) is 12.1 Å². The zero-order valence-corrected chi connectivity index (χ0v) is 28.6. The van der Waals surface area contributed by atoms with Crippen LogP contribution in [-0.4, -0.2) is 85.4 Å². The molecule has 10 nitrogen and oxygen atoms in total. The molecule has 2 saturated heterocycles. The molecule has 11 heteroatoms. The first-order chi connectivity index (χ1) is 22.7. The quantitative estimate of drug-likeness (QED) is 0.337. The molecule has 2 aromatic heterocycles. The lowest BCUT2D eigenvalue weighted by Crippen LogP contribution is -2.44. The number of likely N-dealkylation sites (N-methyl/N-ethyl adjacent to an activating group) is 2. The van der Waals surface area contributed by atoms with Crippen LogP contribution in [0.2, 0.25) is 0 Å². The third-order valence-corrected chi connectivity index (χ3v) is 8.43. The molecule has 1 N–H and O–H groups in total. The van der Waals surface area contributed by atoms with Gasteiger partial charge in [0.2, 0.25) is 0 Å². The molecule has 4 heterocycles. The first kappa shape index (κ1) is 35.3. The summed E-state index contributed by atoms with van der Waals surface area (Å²) in [5.74, 6) is 0. The van der Waals surface area contributed by atoms with Crippen molar-refractivity contribution in [2.45, 2.75) is 13.1 Å². The molecular weight excluding hydrogens is 656 g/mol. The summed E-state index contributed by atoms with van der Waals surface area (Å²) in [4.78, 5) is 30.6. The fourth-order valence-electron chi connectivity index (χ4n) is 5.16. The summed E-state index contributed by atoms with van der Waals surface area (Å²) in [7, 11) is 4.29. The van der Waals surface area contributed by atoms with Crippen LogP contribution < -0.4 is 21.3 Å². The summed E-state index contributed by atoms with van der Waals surface area (Å²) < 4.78 is 4.08. The number of hydrogen-bond acceptors (Lipinski definition) is 8. The Bertz CT molecular complexity index is 1810. The minimum absolute atomic E-state index is 0.0889. The molecule has 244 valence electrons. The second kappa shape index (κ2) is 18.0. The fraction of sp³-hybridized carbons (Fsp3) is 0.333. The number of piperazine rings is 2. The molecule has 2 aliphatic heterocycles. The Morgan fingerprint density at radius 3 is 1.68 bits per heavy atom. The topological polar surface area (TPSA) is 113 Å². The van der Waals surface area contributed by atoms with E-state index in [1.54, 1.807) is 23.0 Å². The van der Waals surface area contributed by atoms with Crippen LogP contribution in [0.5, 0.6) is 0 Å². The van der Waals surface area contributed by atoms with E-state index < -0.39 is 0 Å². The summed E-state index contributed by atoms with van der Waals surface area (Å²) in [6.07, 6.45) is 3.19. The van der Waals surface area contributed by atoms with E-state index in [1.807, 2.05) is 42.5 Å². The number of halogens is 1. The number of nitrogens with one attached hydrogen (secondary N) is 1. The van der Waals surface area contributed by atoms with Crippen molar-refractivity contribution in [2.24, 2.45) is 0 Å². The third-order valence-electron chi connectivity index (χ3n) is 7.94. The van der Waals surface area contributed by atoms with E-state index in [1.165, 1.54) is 41.5 Å². The minimum atomic E-state index is -0.107. The Morgan fingerprint density at radius 2 is 1.19 bits per heavy atom. The molecule has 0 bridgehead atoms. The zero-order chi connectivity index (χ0) is 33.6. The Balaban J connectivity index is 0.000000182. The summed E-state index contributed by atoms with van der Waals surface area (Å²) in [6.45, 7) is 9.85. The van der Waals surface area contributed by atoms with E-state index in [0.29, 0.717) is 24.2 Å². The van der Waals surface area contributed by atoms with E-state index in [9.17, 15) is 9.59 Å². The van der Waals surface area contributed by atoms with Crippen LogP contribution >= 0.6 is 15.9 Å². The van der Waals surface area contributed by atoms with Crippen molar-refractivity contribution in [1.29, 1.82) is 10.5 Å². The van der Waals surface area contributed by atoms with E-state index in [2.05, 4.69) is 68.2 Å².